The van der Waals surface area contributed by atoms with Crippen molar-refractivity contribution in [3.63, 3.8) is 0 Å². The fourth-order valence-electron chi connectivity index (χ4n) is 0.528. The average Bonchev–Trinajstić information content (AvgIpc) is 2.12. The van der Waals surface area contributed by atoms with Crippen molar-refractivity contribution in [1.29, 1.82) is 0 Å². The van der Waals surface area contributed by atoms with Gasteiger partial charge in [-0.05, 0) is 6.92 Å². The average molecular weight is 184 g/mol. The van der Waals surface area contributed by atoms with Crippen molar-refractivity contribution in [3.8, 4) is 0 Å². The molecule has 72 valence electrons. The molecular formula is C9H12O4. The Morgan fingerprint density at radius 2 is 1.77 bits per heavy atom. The molecule has 13 heavy (non-hydrogen) atoms. The normalized spacial score (nSPS) is 9.62. The smallest absolute Gasteiger partial charge is 0.330 e. The summed E-state index contributed by atoms with van der Waals surface area (Å²) in [5.41, 5.74) is 0. The van der Waals surface area contributed by atoms with Crippen molar-refractivity contribution in [3.05, 3.63) is 24.8 Å². The molecule has 0 bridgehead atoms. The maximum atomic E-state index is 10.7. The monoisotopic (exact) mass is 184 g/mol. The number of rotatable bonds is 5. The van der Waals surface area contributed by atoms with E-state index in [1.54, 1.807) is 13.0 Å². The molecule has 0 aromatic carbocycles. The lowest BCUT2D eigenvalue weighted by Gasteiger charge is -2.01. The number of allylic oxidation sites excluding steroid dienone is 1. The Labute approximate surface area is 76.8 Å². The third kappa shape index (κ3) is 6.80. The molecule has 0 amide bonds. The lowest BCUT2D eigenvalue weighted by molar-refractivity contribution is -0.146. The summed E-state index contributed by atoms with van der Waals surface area (Å²) >= 11 is 0. The molecule has 0 aromatic heterocycles. The van der Waals surface area contributed by atoms with Crippen LogP contribution < -0.4 is 0 Å². The third-order valence-corrected chi connectivity index (χ3v) is 1.04. The van der Waals surface area contributed by atoms with Gasteiger partial charge < -0.3 is 9.47 Å². The van der Waals surface area contributed by atoms with Gasteiger partial charge in [-0.25, -0.2) is 9.59 Å². The summed E-state index contributed by atoms with van der Waals surface area (Å²) in [6.07, 6.45) is 3.90. The van der Waals surface area contributed by atoms with Crippen LogP contribution in [0.15, 0.2) is 24.8 Å². The molecule has 0 saturated heterocycles. The first-order valence-corrected chi connectivity index (χ1v) is 3.79. The van der Waals surface area contributed by atoms with Crippen molar-refractivity contribution >= 4 is 11.9 Å². The molecule has 0 rings (SSSR count). The van der Waals surface area contributed by atoms with E-state index < -0.39 is 11.9 Å². The standard InChI is InChI=1S/C9H12O4/c1-3-5-9(11)13-7-6-12-8(10)4-2/h3-5H,2,6-7H2,1H3. The van der Waals surface area contributed by atoms with Crippen LogP contribution in [0.4, 0.5) is 0 Å². The molecule has 0 N–H and O–H groups in total. The van der Waals surface area contributed by atoms with E-state index in [9.17, 15) is 9.59 Å². The van der Waals surface area contributed by atoms with Crippen LogP contribution in [0.2, 0.25) is 0 Å². The molecule has 0 fully saturated rings. The Kier molecular flexibility index (Phi) is 6.23. The molecule has 0 aliphatic carbocycles. The third-order valence-electron chi connectivity index (χ3n) is 1.04. The van der Waals surface area contributed by atoms with E-state index in [4.69, 9.17) is 0 Å². The zero-order valence-electron chi connectivity index (χ0n) is 7.49. The lowest BCUT2D eigenvalue weighted by Crippen LogP contribution is -2.11. The van der Waals surface area contributed by atoms with Gasteiger partial charge in [0.05, 0.1) is 0 Å². The second-order valence-corrected chi connectivity index (χ2v) is 2.04. The molecule has 0 aliphatic rings. The predicted molar refractivity (Wildman–Crippen MR) is 46.9 cm³/mol. The molecular weight excluding hydrogens is 172 g/mol. The molecule has 0 spiro atoms. The van der Waals surface area contributed by atoms with Crippen LogP contribution in [0.5, 0.6) is 0 Å². The first-order valence-electron chi connectivity index (χ1n) is 3.79. The first-order chi connectivity index (χ1) is 6.20. The SMILES string of the molecule is C=CC(=O)OCCOC(=O)C=CC. The van der Waals surface area contributed by atoms with E-state index in [2.05, 4.69) is 16.1 Å². The highest BCUT2D eigenvalue weighted by molar-refractivity contribution is 5.82. The van der Waals surface area contributed by atoms with Crippen molar-refractivity contribution in [2.24, 2.45) is 0 Å². The minimum Gasteiger partial charge on any atom is -0.459 e. The van der Waals surface area contributed by atoms with E-state index in [-0.39, 0.29) is 13.2 Å². The van der Waals surface area contributed by atoms with Crippen LogP contribution >= 0.6 is 0 Å². The van der Waals surface area contributed by atoms with Gasteiger partial charge in [-0.1, -0.05) is 12.7 Å². The zero-order valence-corrected chi connectivity index (χ0v) is 7.49. The summed E-state index contributed by atoms with van der Waals surface area (Å²) < 4.78 is 9.20. The summed E-state index contributed by atoms with van der Waals surface area (Å²) in [4.78, 5) is 21.2. The number of esters is 2. The number of hydrogen-bond acceptors (Lipinski definition) is 4. The fraction of sp³-hybridized carbons (Fsp3) is 0.333. The Bertz CT molecular complexity index is 218. The van der Waals surface area contributed by atoms with Gasteiger partial charge in [-0.15, -0.1) is 0 Å². The van der Waals surface area contributed by atoms with Crippen molar-refractivity contribution < 1.29 is 19.1 Å². The minimum absolute atomic E-state index is 0.0497. The largest absolute Gasteiger partial charge is 0.459 e. The minimum atomic E-state index is -0.526. The number of ether oxygens (including phenoxy) is 2. The molecule has 0 radical (unpaired) electrons. The van der Waals surface area contributed by atoms with Gasteiger partial charge >= 0.3 is 11.9 Å². The summed E-state index contributed by atoms with van der Waals surface area (Å²) in [5.74, 6) is -0.973. The van der Waals surface area contributed by atoms with Crippen molar-refractivity contribution in [2.45, 2.75) is 6.92 Å². The van der Waals surface area contributed by atoms with Gasteiger partial charge in [0.25, 0.3) is 0 Å². The van der Waals surface area contributed by atoms with Gasteiger partial charge in [0, 0.05) is 12.2 Å². The highest BCUT2D eigenvalue weighted by atomic mass is 16.6. The maximum absolute atomic E-state index is 10.7. The van der Waals surface area contributed by atoms with Crippen LogP contribution in [0.3, 0.4) is 0 Å². The van der Waals surface area contributed by atoms with Gasteiger partial charge in [-0.2, -0.15) is 0 Å². The Morgan fingerprint density at radius 3 is 2.23 bits per heavy atom. The Morgan fingerprint density at radius 1 is 1.23 bits per heavy atom. The molecule has 0 heterocycles. The first kappa shape index (κ1) is 11.4. The second-order valence-electron chi connectivity index (χ2n) is 2.04. The van der Waals surface area contributed by atoms with E-state index >= 15 is 0 Å². The summed E-state index contributed by atoms with van der Waals surface area (Å²) in [5, 5.41) is 0. The second kappa shape index (κ2) is 7.09. The Hall–Kier alpha value is -1.58. The highest BCUT2D eigenvalue weighted by Gasteiger charge is 1.97. The van der Waals surface area contributed by atoms with Crippen LogP contribution in [0.1, 0.15) is 6.92 Å². The van der Waals surface area contributed by atoms with E-state index in [1.165, 1.54) is 6.08 Å². The van der Waals surface area contributed by atoms with E-state index in [0.717, 1.165) is 6.08 Å². The van der Waals surface area contributed by atoms with Crippen LogP contribution in [-0.2, 0) is 19.1 Å². The van der Waals surface area contributed by atoms with Gasteiger partial charge in [0.15, 0.2) is 0 Å². The number of hydrogen-bond donors (Lipinski definition) is 0. The molecule has 0 aliphatic heterocycles. The lowest BCUT2D eigenvalue weighted by atomic mass is 10.5. The molecule has 4 heteroatoms. The quantitative estimate of drug-likeness (QED) is 0.361. The Balaban J connectivity index is 3.40. The summed E-state index contributed by atoms with van der Waals surface area (Å²) in [7, 11) is 0. The highest BCUT2D eigenvalue weighted by Crippen LogP contribution is 1.84. The zero-order chi connectivity index (χ0) is 10.1. The van der Waals surface area contributed by atoms with Crippen molar-refractivity contribution in [2.75, 3.05) is 13.2 Å². The van der Waals surface area contributed by atoms with Crippen LogP contribution in [-0.4, -0.2) is 25.2 Å². The maximum Gasteiger partial charge on any atom is 0.330 e. The molecule has 0 aromatic rings. The number of carbonyl (C=O) groups excluding carboxylic acids is 2. The molecule has 0 unspecified atom stereocenters. The van der Waals surface area contributed by atoms with Gasteiger partial charge in [0.1, 0.15) is 13.2 Å². The van der Waals surface area contributed by atoms with E-state index in [1.807, 2.05) is 0 Å². The van der Waals surface area contributed by atoms with Gasteiger partial charge in [0.2, 0.25) is 0 Å². The summed E-state index contributed by atoms with van der Waals surface area (Å²) in [6, 6.07) is 0. The van der Waals surface area contributed by atoms with Crippen molar-refractivity contribution in [1.82, 2.24) is 0 Å². The molecule has 0 saturated carbocycles. The molecule has 4 nitrogen and oxygen atoms in total. The number of carbonyl (C=O) groups is 2. The van der Waals surface area contributed by atoms with Gasteiger partial charge in [-0.3, -0.25) is 0 Å². The van der Waals surface area contributed by atoms with E-state index in [0.29, 0.717) is 0 Å². The topological polar surface area (TPSA) is 52.6 Å². The fourth-order valence-corrected chi connectivity index (χ4v) is 0.528. The van der Waals surface area contributed by atoms with Crippen LogP contribution in [0, 0.1) is 0 Å². The van der Waals surface area contributed by atoms with Crippen LogP contribution in [0.25, 0.3) is 0 Å². The predicted octanol–water partition coefficient (Wildman–Crippen LogP) is 0.835. The summed E-state index contributed by atoms with van der Waals surface area (Å²) in [6.45, 7) is 5.03. The molecule has 0 atom stereocenters.